The fraction of sp³-hybridized carbons (Fsp3) is 0.391. The van der Waals surface area contributed by atoms with Crippen LogP contribution in [0.1, 0.15) is 64.7 Å². The highest BCUT2D eigenvalue weighted by molar-refractivity contribution is 7.22. The highest BCUT2D eigenvalue weighted by Gasteiger charge is 2.55. The Balaban J connectivity index is 1.30. The van der Waals surface area contributed by atoms with E-state index in [9.17, 15) is 0 Å². The number of thiophene rings is 1. The number of nitrogens with zero attached hydrogens (tertiary/aromatic N) is 3. The SMILES string of the molecule is COc1ccccc1C(Cn1c(=O)n(C(C)(C)C(=O)O[Si](c2ccccc2)(c2ccccc2)C(C)(C)C)c(=O)c2c(C)c(-c3ncco3)sc21)OC1CC2COCC2C1. The highest BCUT2D eigenvalue weighted by Crippen LogP contribution is 2.43. The summed E-state index contributed by atoms with van der Waals surface area (Å²) in [5.74, 6) is 1.10. The fourth-order valence-corrected chi connectivity index (χ4v) is 14.8. The number of ether oxygens (including phenoxy) is 3. The topological polar surface area (TPSA) is 124 Å². The lowest BCUT2D eigenvalue weighted by Gasteiger charge is -2.43. The molecule has 1 aliphatic heterocycles. The molecule has 3 aromatic heterocycles. The number of aryl methyl sites for hydroxylation is 1. The van der Waals surface area contributed by atoms with Gasteiger partial charge in [-0.2, -0.15) is 0 Å². The van der Waals surface area contributed by atoms with E-state index < -0.39 is 42.2 Å². The third kappa shape index (κ3) is 7.11. The van der Waals surface area contributed by atoms with Crippen LogP contribution in [-0.4, -0.2) is 54.8 Å². The lowest BCUT2D eigenvalue weighted by molar-refractivity contribution is -0.144. The van der Waals surface area contributed by atoms with E-state index in [2.05, 4.69) is 25.8 Å². The average Bonchev–Trinajstić information content (AvgIpc) is 4.04. The minimum absolute atomic E-state index is 0.0309. The molecular formula is C46H51N3O8SSi. The summed E-state index contributed by atoms with van der Waals surface area (Å²) >= 11 is 1.26. The first-order valence-electron chi connectivity index (χ1n) is 20.2. The minimum Gasteiger partial charge on any atom is -0.508 e. The molecule has 0 N–H and O–H groups in total. The zero-order chi connectivity index (χ0) is 41.7. The van der Waals surface area contributed by atoms with Gasteiger partial charge in [0.05, 0.1) is 36.2 Å². The molecule has 3 atom stereocenters. The number of benzene rings is 3. The molecule has 59 heavy (non-hydrogen) atoms. The van der Waals surface area contributed by atoms with E-state index in [0.717, 1.165) is 33.3 Å². The molecule has 8 rings (SSSR count). The number of para-hydroxylation sites is 1. The van der Waals surface area contributed by atoms with Crippen LogP contribution in [0.3, 0.4) is 0 Å². The van der Waals surface area contributed by atoms with E-state index in [-0.39, 0.29) is 12.6 Å². The Morgan fingerprint density at radius 2 is 1.53 bits per heavy atom. The average molecular weight is 834 g/mol. The molecular weight excluding hydrogens is 783 g/mol. The Kier molecular flexibility index (Phi) is 10.9. The zero-order valence-electron chi connectivity index (χ0n) is 34.6. The molecule has 3 aromatic carbocycles. The first-order valence-corrected chi connectivity index (χ1v) is 22.9. The van der Waals surface area contributed by atoms with Gasteiger partial charge < -0.3 is 23.1 Å². The molecule has 11 nitrogen and oxygen atoms in total. The van der Waals surface area contributed by atoms with Crippen molar-refractivity contribution >= 4 is 46.2 Å². The van der Waals surface area contributed by atoms with E-state index in [0.29, 0.717) is 57.3 Å². The van der Waals surface area contributed by atoms with E-state index >= 15 is 14.4 Å². The Morgan fingerprint density at radius 3 is 2.10 bits per heavy atom. The van der Waals surface area contributed by atoms with E-state index in [4.69, 9.17) is 23.1 Å². The Bertz CT molecular complexity index is 2530. The van der Waals surface area contributed by atoms with Crippen molar-refractivity contribution in [2.24, 2.45) is 11.8 Å². The number of hydrogen-bond donors (Lipinski definition) is 0. The molecule has 0 radical (unpaired) electrons. The third-order valence-corrected chi connectivity index (χ3v) is 18.4. The number of carbonyl (C=O) groups is 1. The number of carbonyl (C=O) groups excluding carboxylic acids is 1. The number of fused-ring (bicyclic) bond motifs is 2. The maximum atomic E-state index is 15.4. The van der Waals surface area contributed by atoms with Crippen molar-refractivity contribution < 1.29 is 27.8 Å². The van der Waals surface area contributed by atoms with Gasteiger partial charge in [0.1, 0.15) is 28.5 Å². The summed E-state index contributed by atoms with van der Waals surface area (Å²) in [5.41, 5.74) is -1.66. The summed E-state index contributed by atoms with van der Waals surface area (Å²) in [6.07, 6.45) is 3.97. The van der Waals surface area contributed by atoms with Crippen molar-refractivity contribution in [2.45, 2.75) is 83.7 Å². The molecule has 4 heterocycles. The number of methoxy groups -OCH3 is 1. The lowest BCUT2D eigenvalue weighted by Crippen LogP contribution is -2.69. The first-order chi connectivity index (χ1) is 28.3. The van der Waals surface area contributed by atoms with Crippen LogP contribution in [0.5, 0.6) is 5.75 Å². The van der Waals surface area contributed by atoms with Crippen molar-refractivity contribution in [3.8, 4) is 16.5 Å². The normalized spacial score (nSPS) is 18.9. The van der Waals surface area contributed by atoms with Gasteiger partial charge in [0.25, 0.3) is 5.56 Å². The molecule has 308 valence electrons. The van der Waals surface area contributed by atoms with Gasteiger partial charge in [0.15, 0.2) is 0 Å². The van der Waals surface area contributed by atoms with Crippen LogP contribution in [0, 0.1) is 18.8 Å². The lowest BCUT2D eigenvalue weighted by atomic mass is 10.0. The summed E-state index contributed by atoms with van der Waals surface area (Å²) in [6, 6.07) is 27.3. The summed E-state index contributed by atoms with van der Waals surface area (Å²) in [4.78, 5) is 51.1. The standard InChI is InChI=1S/C46H51N3O8SSi/c1-29-38-41(50)49(46(5,6)43(51)57-59(45(2,3)4,33-16-10-8-11-17-33)34-18-12-9-13-19-34)44(52)48(42(38)58-39(29)40-47-22-23-55-40)26-37(35-20-14-15-21-36(35)53-7)56-32-24-30-27-54-28-31(30)25-32/h8-23,30-32,37H,24-28H2,1-7H3. The maximum Gasteiger partial charge on any atom is 0.333 e. The third-order valence-electron chi connectivity index (χ3n) is 12.2. The largest absolute Gasteiger partial charge is 0.508 e. The van der Waals surface area contributed by atoms with Crippen LogP contribution in [-0.2, 0) is 30.8 Å². The molecule has 6 aromatic rings. The molecule has 0 amide bonds. The zero-order valence-corrected chi connectivity index (χ0v) is 36.4. The van der Waals surface area contributed by atoms with Crippen molar-refractivity contribution in [3.05, 3.63) is 129 Å². The van der Waals surface area contributed by atoms with Gasteiger partial charge in [0.2, 0.25) is 5.89 Å². The fourth-order valence-electron chi connectivity index (χ4n) is 9.14. The summed E-state index contributed by atoms with van der Waals surface area (Å²) in [5, 5.41) is 1.54. The molecule has 2 aliphatic rings. The van der Waals surface area contributed by atoms with Gasteiger partial charge in [0, 0.05) is 18.8 Å². The van der Waals surface area contributed by atoms with Crippen LogP contribution in [0.15, 0.2) is 111 Å². The smallest absolute Gasteiger partial charge is 0.333 e. The summed E-state index contributed by atoms with van der Waals surface area (Å²) in [7, 11) is -1.83. The number of aromatic nitrogens is 3. The molecule has 3 unspecified atom stereocenters. The monoisotopic (exact) mass is 833 g/mol. The van der Waals surface area contributed by atoms with E-state index in [1.807, 2.05) is 91.9 Å². The number of rotatable bonds is 12. The molecule has 0 spiro atoms. The van der Waals surface area contributed by atoms with Crippen LogP contribution < -0.4 is 26.4 Å². The minimum atomic E-state index is -3.45. The van der Waals surface area contributed by atoms with Crippen molar-refractivity contribution in [1.82, 2.24) is 14.1 Å². The highest BCUT2D eigenvalue weighted by atomic mass is 32.1. The molecule has 1 saturated heterocycles. The number of hydrogen-bond acceptors (Lipinski definition) is 10. The van der Waals surface area contributed by atoms with Crippen LogP contribution in [0.4, 0.5) is 0 Å². The van der Waals surface area contributed by atoms with Crippen LogP contribution in [0.25, 0.3) is 21.0 Å². The van der Waals surface area contributed by atoms with Gasteiger partial charge >= 0.3 is 20.0 Å². The number of oxazole rings is 1. The van der Waals surface area contributed by atoms with Gasteiger partial charge in [-0.1, -0.05) is 99.6 Å². The van der Waals surface area contributed by atoms with E-state index in [1.54, 1.807) is 31.7 Å². The molecule has 1 aliphatic carbocycles. The van der Waals surface area contributed by atoms with Gasteiger partial charge in [-0.3, -0.25) is 14.2 Å². The molecule has 0 bridgehead atoms. The van der Waals surface area contributed by atoms with Crippen molar-refractivity contribution in [3.63, 3.8) is 0 Å². The Morgan fingerprint density at radius 1 is 0.915 bits per heavy atom. The van der Waals surface area contributed by atoms with Crippen molar-refractivity contribution in [1.29, 1.82) is 0 Å². The Labute approximate surface area is 348 Å². The first kappa shape index (κ1) is 40.7. The molecule has 13 heteroatoms. The van der Waals surface area contributed by atoms with Crippen LogP contribution in [0.2, 0.25) is 5.04 Å². The van der Waals surface area contributed by atoms with Gasteiger partial charge in [-0.15, -0.1) is 11.3 Å². The van der Waals surface area contributed by atoms with Gasteiger partial charge in [-0.05, 0) is 72.5 Å². The van der Waals surface area contributed by atoms with Gasteiger partial charge in [-0.25, -0.2) is 14.3 Å². The van der Waals surface area contributed by atoms with Crippen LogP contribution >= 0.6 is 11.3 Å². The second kappa shape index (κ2) is 15.8. The quantitative estimate of drug-likeness (QED) is 0.118. The second-order valence-electron chi connectivity index (χ2n) is 17.2. The second-order valence-corrected chi connectivity index (χ2v) is 22.5. The van der Waals surface area contributed by atoms with E-state index in [1.165, 1.54) is 17.6 Å². The molecule has 1 saturated carbocycles. The Hall–Kier alpha value is -5.08. The predicted octanol–water partition coefficient (Wildman–Crippen LogP) is 7.22. The molecule has 2 fully saturated rings. The predicted molar refractivity (Wildman–Crippen MR) is 231 cm³/mol. The summed E-state index contributed by atoms with van der Waals surface area (Å²) in [6.45, 7) is 12.7. The maximum absolute atomic E-state index is 15.4. The van der Waals surface area contributed by atoms with Crippen molar-refractivity contribution in [2.75, 3.05) is 20.3 Å². The summed E-state index contributed by atoms with van der Waals surface area (Å²) < 4.78 is 34.0.